The number of ether oxygens (including phenoxy) is 3. The first kappa shape index (κ1) is 64.6. The molecule has 390 valence electrons. The Balaban J connectivity index is 4.11. The van der Waals surface area contributed by atoms with Crippen molar-refractivity contribution in [2.24, 2.45) is 0 Å². The lowest BCUT2D eigenvalue weighted by Crippen LogP contribution is -2.30. The molecule has 0 spiro atoms. The van der Waals surface area contributed by atoms with Crippen molar-refractivity contribution < 1.29 is 28.6 Å². The number of hydrogen-bond acceptors (Lipinski definition) is 6. The summed E-state index contributed by atoms with van der Waals surface area (Å²) in [6, 6.07) is 0. The third kappa shape index (κ3) is 53.5. The van der Waals surface area contributed by atoms with Gasteiger partial charge in [0, 0.05) is 19.3 Å². The molecule has 1 unspecified atom stereocenters. The zero-order valence-electron chi connectivity index (χ0n) is 44.6. The van der Waals surface area contributed by atoms with E-state index in [-0.39, 0.29) is 31.1 Å². The molecule has 0 saturated carbocycles. The largest absolute Gasteiger partial charge is 0.462 e. The fourth-order valence-corrected chi connectivity index (χ4v) is 7.85. The van der Waals surface area contributed by atoms with Crippen LogP contribution in [0.1, 0.15) is 271 Å². The van der Waals surface area contributed by atoms with Crippen molar-refractivity contribution >= 4 is 17.9 Å². The molecule has 6 heteroatoms. The van der Waals surface area contributed by atoms with E-state index in [1.807, 2.05) is 0 Å². The standard InChI is InChI=1S/C62H106O6/c1-4-7-10-13-16-18-20-22-24-25-26-27-28-29-30-31-32-33-34-35-36-37-39-40-42-44-46-49-52-55-61(64)67-58-59(57-66-60(63)54-51-48-15-12-9-6-3)68-62(65)56-53-50-47-45-43-41-38-23-21-19-17-14-11-8-5-2/h7,10,16,18,22-24,26-27,29-30,32-33,38,59H,4-6,8-9,11-15,17,19-21,25,28,31,34-37,39-58H2,1-3H3/b10-7-,18-16-,24-22-,27-26-,30-29-,33-32-,38-23-. The van der Waals surface area contributed by atoms with E-state index in [1.54, 1.807) is 0 Å². The van der Waals surface area contributed by atoms with Crippen molar-refractivity contribution in [1.29, 1.82) is 0 Å². The highest BCUT2D eigenvalue weighted by Gasteiger charge is 2.19. The van der Waals surface area contributed by atoms with Crippen molar-refractivity contribution in [3.8, 4) is 0 Å². The summed E-state index contributed by atoms with van der Waals surface area (Å²) in [7, 11) is 0. The van der Waals surface area contributed by atoms with Gasteiger partial charge in [-0.05, 0) is 96.3 Å². The van der Waals surface area contributed by atoms with Gasteiger partial charge in [-0.25, -0.2) is 0 Å². The molecular formula is C62H106O6. The predicted molar refractivity (Wildman–Crippen MR) is 293 cm³/mol. The molecule has 0 N–H and O–H groups in total. The molecule has 1 atom stereocenters. The van der Waals surface area contributed by atoms with Crippen LogP contribution >= 0.6 is 0 Å². The van der Waals surface area contributed by atoms with E-state index in [4.69, 9.17) is 14.2 Å². The smallest absolute Gasteiger partial charge is 0.306 e. The second-order valence-electron chi connectivity index (χ2n) is 18.8. The quantitative estimate of drug-likeness (QED) is 0.0262. The van der Waals surface area contributed by atoms with E-state index in [1.165, 1.54) is 122 Å². The first-order valence-corrected chi connectivity index (χ1v) is 28.6. The van der Waals surface area contributed by atoms with Crippen LogP contribution in [0.3, 0.4) is 0 Å². The molecule has 0 aliphatic heterocycles. The third-order valence-corrected chi connectivity index (χ3v) is 12.1. The molecule has 0 aliphatic rings. The number of hydrogen-bond donors (Lipinski definition) is 0. The first-order chi connectivity index (χ1) is 33.5. The average Bonchev–Trinajstić information content (AvgIpc) is 3.34. The Bertz CT molecular complexity index is 1320. The van der Waals surface area contributed by atoms with Crippen LogP contribution in [-0.4, -0.2) is 37.2 Å². The molecule has 0 aromatic heterocycles. The summed E-state index contributed by atoms with van der Waals surface area (Å²) in [6.07, 6.45) is 73.2. The SMILES string of the molecule is CC/C=C\C/C=C\C/C=C\C/C=C\C/C=C\C/C=C\CCCCCCCCCCCCC(=O)OCC(COC(=O)CCCCCCCC)OC(=O)CCCCCCC/C=C\CCCCCCCC. The monoisotopic (exact) mass is 947 g/mol. The zero-order chi connectivity index (χ0) is 49.3. The van der Waals surface area contributed by atoms with Gasteiger partial charge in [0.25, 0.3) is 0 Å². The summed E-state index contributed by atoms with van der Waals surface area (Å²) in [5, 5.41) is 0. The average molecular weight is 948 g/mol. The van der Waals surface area contributed by atoms with Crippen LogP contribution < -0.4 is 0 Å². The second kappa shape index (κ2) is 56.2. The van der Waals surface area contributed by atoms with E-state index in [0.29, 0.717) is 19.3 Å². The molecule has 0 bridgehead atoms. The third-order valence-electron chi connectivity index (χ3n) is 12.1. The second-order valence-corrected chi connectivity index (χ2v) is 18.8. The minimum absolute atomic E-state index is 0.0798. The molecule has 0 heterocycles. The number of carbonyl (C=O) groups is 3. The Morgan fingerprint density at radius 1 is 0.309 bits per heavy atom. The minimum atomic E-state index is -0.778. The predicted octanol–water partition coefficient (Wildman–Crippen LogP) is 19.2. The van der Waals surface area contributed by atoms with Crippen molar-refractivity contribution in [3.63, 3.8) is 0 Å². The normalized spacial score (nSPS) is 12.7. The van der Waals surface area contributed by atoms with Gasteiger partial charge in [0.05, 0.1) is 0 Å². The topological polar surface area (TPSA) is 78.9 Å². The van der Waals surface area contributed by atoms with Gasteiger partial charge >= 0.3 is 17.9 Å². The maximum atomic E-state index is 12.8. The van der Waals surface area contributed by atoms with Crippen molar-refractivity contribution in [2.75, 3.05) is 13.2 Å². The summed E-state index contributed by atoms with van der Waals surface area (Å²) in [6.45, 7) is 6.46. The van der Waals surface area contributed by atoms with Gasteiger partial charge in [-0.2, -0.15) is 0 Å². The lowest BCUT2D eigenvalue weighted by atomic mass is 10.1. The minimum Gasteiger partial charge on any atom is -0.462 e. The maximum Gasteiger partial charge on any atom is 0.306 e. The number of carbonyl (C=O) groups excluding carboxylic acids is 3. The highest BCUT2D eigenvalue weighted by atomic mass is 16.6. The van der Waals surface area contributed by atoms with E-state index < -0.39 is 6.10 Å². The van der Waals surface area contributed by atoms with E-state index in [2.05, 4.69) is 106 Å². The van der Waals surface area contributed by atoms with Crippen LogP contribution in [0.2, 0.25) is 0 Å². The Morgan fingerprint density at radius 2 is 0.574 bits per heavy atom. The zero-order valence-corrected chi connectivity index (χ0v) is 44.6. The first-order valence-electron chi connectivity index (χ1n) is 28.6. The molecular weight excluding hydrogens is 841 g/mol. The molecule has 0 aliphatic carbocycles. The molecule has 0 rings (SSSR count). The highest BCUT2D eigenvalue weighted by Crippen LogP contribution is 2.15. The lowest BCUT2D eigenvalue weighted by molar-refractivity contribution is -0.167. The Kier molecular flexibility index (Phi) is 53.4. The van der Waals surface area contributed by atoms with Gasteiger partial charge < -0.3 is 14.2 Å². The molecule has 6 nitrogen and oxygen atoms in total. The van der Waals surface area contributed by atoms with Gasteiger partial charge in [-0.15, -0.1) is 0 Å². The van der Waals surface area contributed by atoms with Gasteiger partial charge in [-0.3, -0.25) is 14.4 Å². The van der Waals surface area contributed by atoms with Crippen LogP contribution in [-0.2, 0) is 28.6 Å². The Morgan fingerprint density at radius 3 is 0.912 bits per heavy atom. The number of unbranched alkanes of at least 4 members (excludes halogenated alkanes) is 26. The summed E-state index contributed by atoms with van der Waals surface area (Å²) in [5.41, 5.74) is 0. The lowest BCUT2D eigenvalue weighted by Gasteiger charge is -2.18. The van der Waals surface area contributed by atoms with Gasteiger partial charge in [-0.1, -0.05) is 241 Å². The summed E-state index contributed by atoms with van der Waals surface area (Å²) in [5.74, 6) is -0.899. The maximum absolute atomic E-state index is 12.8. The molecule has 0 fully saturated rings. The van der Waals surface area contributed by atoms with Crippen molar-refractivity contribution in [3.05, 3.63) is 85.1 Å². The molecule has 68 heavy (non-hydrogen) atoms. The van der Waals surface area contributed by atoms with Crippen LogP contribution in [0.4, 0.5) is 0 Å². The van der Waals surface area contributed by atoms with Crippen LogP contribution in [0.15, 0.2) is 85.1 Å². The van der Waals surface area contributed by atoms with Crippen LogP contribution in [0.25, 0.3) is 0 Å². The van der Waals surface area contributed by atoms with E-state index in [0.717, 1.165) is 109 Å². The Labute approximate surface area is 420 Å². The summed E-state index contributed by atoms with van der Waals surface area (Å²) in [4.78, 5) is 37.8. The number of esters is 3. The summed E-state index contributed by atoms with van der Waals surface area (Å²) >= 11 is 0. The van der Waals surface area contributed by atoms with Gasteiger partial charge in [0.1, 0.15) is 13.2 Å². The number of rotatable bonds is 51. The Hall–Kier alpha value is -3.41. The fourth-order valence-electron chi connectivity index (χ4n) is 7.85. The molecule has 0 saturated heterocycles. The summed E-state index contributed by atoms with van der Waals surface area (Å²) < 4.78 is 16.7. The highest BCUT2D eigenvalue weighted by molar-refractivity contribution is 5.71. The van der Waals surface area contributed by atoms with Crippen LogP contribution in [0, 0.1) is 0 Å². The molecule has 0 aromatic carbocycles. The van der Waals surface area contributed by atoms with Crippen LogP contribution in [0.5, 0.6) is 0 Å². The fraction of sp³-hybridized carbons (Fsp3) is 0.726. The van der Waals surface area contributed by atoms with Crippen molar-refractivity contribution in [1.82, 2.24) is 0 Å². The molecule has 0 aromatic rings. The number of allylic oxidation sites excluding steroid dienone is 14. The van der Waals surface area contributed by atoms with E-state index in [9.17, 15) is 14.4 Å². The van der Waals surface area contributed by atoms with Gasteiger partial charge in [0.2, 0.25) is 0 Å². The molecule has 0 amide bonds. The van der Waals surface area contributed by atoms with E-state index >= 15 is 0 Å². The van der Waals surface area contributed by atoms with Gasteiger partial charge in [0.15, 0.2) is 6.10 Å². The molecule has 0 radical (unpaired) electrons. The van der Waals surface area contributed by atoms with Crippen molar-refractivity contribution in [2.45, 2.75) is 277 Å².